The minimum absolute atomic E-state index is 0.0121. The van der Waals surface area contributed by atoms with Crippen molar-refractivity contribution in [1.29, 1.82) is 0 Å². The molecule has 5 unspecified atom stereocenters. The fourth-order valence-corrected chi connectivity index (χ4v) is 7.08. The molecule has 4 N–H and O–H groups in total. The summed E-state index contributed by atoms with van der Waals surface area (Å²) in [5, 5.41) is 50.2. The van der Waals surface area contributed by atoms with Crippen LogP contribution < -0.4 is 4.74 Å². The number of nitrogens with zero attached hydrogens (tertiary/aromatic N) is 3. The van der Waals surface area contributed by atoms with E-state index in [1.165, 1.54) is 5.56 Å². The van der Waals surface area contributed by atoms with E-state index in [0.29, 0.717) is 11.8 Å². The number of aliphatic hydroxyl groups is 3. The Balaban J connectivity index is 1.24. The van der Waals surface area contributed by atoms with Crippen molar-refractivity contribution in [2.24, 2.45) is 5.92 Å². The summed E-state index contributed by atoms with van der Waals surface area (Å²) in [5.74, 6) is 1.05. The Morgan fingerprint density at radius 1 is 1.11 bits per heavy atom. The summed E-state index contributed by atoms with van der Waals surface area (Å²) >= 11 is 0. The molecular weight excluding hydrogens is 470 g/mol. The van der Waals surface area contributed by atoms with Gasteiger partial charge in [-0.3, -0.25) is 0 Å². The molecule has 0 amide bonds. The van der Waals surface area contributed by atoms with Gasteiger partial charge in [0.25, 0.3) is 0 Å². The maximum Gasteiger partial charge on any atom is 0.248 e. The Hall–Kier alpha value is -2.54. The maximum absolute atomic E-state index is 10.7. The summed E-state index contributed by atoms with van der Waals surface area (Å²) in [6.45, 7) is 2.48. The minimum Gasteiger partial charge on any atom is -0.504 e. The first-order valence-corrected chi connectivity index (χ1v) is 12.4. The van der Waals surface area contributed by atoms with Crippen molar-refractivity contribution in [3.05, 3.63) is 47.2 Å². The standard InChI is InChI=1S/C25H29N3O8/c1-10-26-27-23(33-10)21-18(31)17(30)19(32)24(36-21)34-15-6-4-12-13-9-11-3-5-14(29)20-16(11)25(12,22(15)35-20)7-8-28(13)2/h3-6,12-13,15,17-19,21-22,24,29-32H,7-9H2,1-2H3/t12?,13-,15?,17?,18+,19?,21?,22+,24-,25+/m1/s1. The van der Waals surface area contributed by atoms with Gasteiger partial charge in [0.2, 0.25) is 11.8 Å². The number of piperidine rings is 1. The number of aliphatic hydroxyl groups excluding tert-OH is 3. The lowest BCUT2D eigenvalue weighted by molar-refractivity contribution is -0.316. The molecule has 2 aliphatic carbocycles. The molecule has 1 aromatic heterocycles. The zero-order valence-electron chi connectivity index (χ0n) is 19.9. The van der Waals surface area contributed by atoms with E-state index in [-0.39, 0.29) is 28.9 Å². The lowest BCUT2D eigenvalue weighted by Crippen LogP contribution is -2.66. The number of phenolic OH excluding ortho intramolecular Hbond substituents is 1. The molecule has 0 radical (unpaired) electrons. The summed E-state index contributed by atoms with van der Waals surface area (Å²) in [5.41, 5.74) is 1.84. The number of likely N-dealkylation sites (tertiary alicyclic amines) is 1. The average Bonchev–Trinajstić information content (AvgIpc) is 3.45. The second-order valence-electron chi connectivity index (χ2n) is 10.6. The molecule has 2 bridgehead atoms. The largest absolute Gasteiger partial charge is 0.504 e. The fraction of sp³-hybridized carbons (Fsp3) is 0.600. The van der Waals surface area contributed by atoms with Gasteiger partial charge in [-0.05, 0) is 38.1 Å². The first-order valence-electron chi connectivity index (χ1n) is 12.4. The summed E-state index contributed by atoms with van der Waals surface area (Å²) in [4.78, 5) is 2.38. The third-order valence-corrected chi connectivity index (χ3v) is 8.78. The second-order valence-corrected chi connectivity index (χ2v) is 10.6. The molecule has 5 aliphatic rings. The number of benzene rings is 1. The smallest absolute Gasteiger partial charge is 0.248 e. The Bertz CT molecular complexity index is 1230. The number of hydrogen-bond donors (Lipinski definition) is 4. The molecule has 0 saturated carbocycles. The molecule has 11 nitrogen and oxygen atoms in total. The number of rotatable bonds is 3. The average molecular weight is 500 g/mol. The minimum atomic E-state index is -1.56. The van der Waals surface area contributed by atoms with Gasteiger partial charge in [-0.25, -0.2) is 0 Å². The molecule has 7 rings (SSSR count). The predicted octanol–water partition coefficient (Wildman–Crippen LogP) is 0.0941. The van der Waals surface area contributed by atoms with Crippen molar-refractivity contribution in [1.82, 2.24) is 15.1 Å². The predicted molar refractivity (Wildman–Crippen MR) is 121 cm³/mol. The SMILES string of the molecule is Cc1nnc(C2O[C@@H](OC3C=CC4[C@H]5Cc6ccc(O)c7c6[C@@]4(CCN5C)[C@H]3O7)C(O)C(O)[C@@H]2O)o1. The normalized spacial score (nSPS) is 42.8. The molecule has 4 heterocycles. The lowest BCUT2D eigenvalue weighted by atomic mass is 9.53. The van der Waals surface area contributed by atoms with Crippen LogP contribution in [0, 0.1) is 12.8 Å². The van der Waals surface area contributed by atoms with Gasteiger partial charge in [0.1, 0.15) is 30.5 Å². The molecule has 2 saturated heterocycles. The number of aromatic nitrogens is 2. The van der Waals surface area contributed by atoms with E-state index in [4.69, 9.17) is 18.6 Å². The summed E-state index contributed by atoms with van der Waals surface area (Å²) in [6, 6.07) is 3.97. The lowest BCUT2D eigenvalue weighted by Gasteiger charge is -2.57. The van der Waals surface area contributed by atoms with Crippen molar-refractivity contribution < 1.29 is 39.1 Å². The number of phenols is 1. The topological polar surface area (TPSA) is 151 Å². The number of aromatic hydroxyl groups is 1. The third-order valence-electron chi connectivity index (χ3n) is 8.78. The van der Waals surface area contributed by atoms with Gasteiger partial charge >= 0.3 is 0 Å². The number of hydrogen-bond acceptors (Lipinski definition) is 11. The van der Waals surface area contributed by atoms with E-state index in [1.54, 1.807) is 13.0 Å². The Labute approximate surface area is 206 Å². The van der Waals surface area contributed by atoms with Crippen LogP contribution in [0.4, 0.5) is 0 Å². The van der Waals surface area contributed by atoms with Crippen LogP contribution >= 0.6 is 0 Å². The van der Waals surface area contributed by atoms with Crippen molar-refractivity contribution in [2.45, 2.75) is 74.1 Å². The van der Waals surface area contributed by atoms with Crippen molar-refractivity contribution in [2.75, 3.05) is 13.6 Å². The van der Waals surface area contributed by atoms with E-state index >= 15 is 0 Å². The fourth-order valence-electron chi connectivity index (χ4n) is 7.08. The van der Waals surface area contributed by atoms with Crippen LogP contribution in [0.15, 0.2) is 28.7 Å². The highest BCUT2D eigenvalue weighted by Crippen LogP contribution is 2.62. The molecular formula is C25H29N3O8. The van der Waals surface area contributed by atoms with Gasteiger partial charge in [-0.1, -0.05) is 18.2 Å². The van der Waals surface area contributed by atoms with Gasteiger partial charge in [-0.15, -0.1) is 10.2 Å². The number of likely N-dealkylation sites (N-methyl/N-ethyl adjacent to an activating group) is 1. The highest BCUT2D eigenvalue weighted by molar-refractivity contribution is 5.61. The van der Waals surface area contributed by atoms with Gasteiger partial charge < -0.3 is 44.0 Å². The molecule has 192 valence electrons. The Morgan fingerprint density at radius 3 is 2.72 bits per heavy atom. The van der Waals surface area contributed by atoms with Gasteiger partial charge in [0.05, 0.1) is 0 Å². The van der Waals surface area contributed by atoms with E-state index in [9.17, 15) is 20.4 Å². The van der Waals surface area contributed by atoms with Crippen LogP contribution in [0.5, 0.6) is 11.5 Å². The highest BCUT2D eigenvalue weighted by Gasteiger charge is 2.65. The van der Waals surface area contributed by atoms with Crippen LogP contribution in [-0.2, 0) is 21.3 Å². The quantitative estimate of drug-likeness (QED) is 0.426. The van der Waals surface area contributed by atoms with Gasteiger partial charge in [-0.2, -0.15) is 0 Å². The van der Waals surface area contributed by atoms with Crippen molar-refractivity contribution in [3.8, 4) is 11.5 Å². The van der Waals surface area contributed by atoms with Gasteiger partial charge in [0, 0.05) is 29.9 Å². The first kappa shape index (κ1) is 22.6. The first-order chi connectivity index (χ1) is 17.3. The molecule has 1 aromatic carbocycles. The molecule has 3 aliphatic heterocycles. The molecule has 11 heteroatoms. The molecule has 2 aromatic rings. The van der Waals surface area contributed by atoms with Crippen molar-refractivity contribution >= 4 is 0 Å². The second kappa shape index (κ2) is 7.73. The van der Waals surface area contributed by atoms with E-state index in [2.05, 4.69) is 28.2 Å². The van der Waals surface area contributed by atoms with E-state index in [1.807, 2.05) is 12.1 Å². The summed E-state index contributed by atoms with van der Waals surface area (Å²) < 4.78 is 24.1. The van der Waals surface area contributed by atoms with Crippen LogP contribution in [0.3, 0.4) is 0 Å². The Morgan fingerprint density at radius 2 is 1.94 bits per heavy atom. The Kier molecular flexibility index (Phi) is 4.86. The van der Waals surface area contributed by atoms with Crippen LogP contribution in [0.1, 0.15) is 35.4 Å². The third kappa shape index (κ3) is 2.89. The van der Waals surface area contributed by atoms with Crippen LogP contribution in [0.2, 0.25) is 0 Å². The maximum atomic E-state index is 10.7. The summed E-state index contributed by atoms with van der Waals surface area (Å²) in [7, 11) is 2.14. The van der Waals surface area contributed by atoms with E-state index in [0.717, 1.165) is 24.9 Å². The van der Waals surface area contributed by atoms with E-state index < -0.39 is 42.9 Å². The van der Waals surface area contributed by atoms with Gasteiger partial charge in [0.15, 0.2) is 23.9 Å². The number of ether oxygens (including phenoxy) is 3. The monoisotopic (exact) mass is 499 g/mol. The molecule has 1 spiro atoms. The molecule has 2 fully saturated rings. The number of aryl methyl sites for hydroxylation is 1. The van der Waals surface area contributed by atoms with Crippen molar-refractivity contribution in [3.63, 3.8) is 0 Å². The van der Waals surface area contributed by atoms with Crippen LogP contribution in [-0.4, -0.2) is 92.0 Å². The molecule has 36 heavy (non-hydrogen) atoms. The zero-order valence-corrected chi connectivity index (χ0v) is 19.9. The molecule has 10 atom stereocenters. The van der Waals surface area contributed by atoms with Crippen LogP contribution in [0.25, 0.3) is 0 Å². The highest BCUT2D eigenvalue weighted by atomic mass is 16.7. The summed E-state index contributed by atoms with van der Waals surface area (Å²) in [6.07, 6.45) is -2.36. The zero-order chi connectivity index (χ0) is 24.9.